The molecule has 0 saturated heterocycles. The normalized spacial score (nSPS) is 13.5. The van der Waals surface area contributed by atoms with Gasteiger partial charge >= 0.3 is 0 Å². The summed E-state index contributed by atoms with van der Waals surface area (Å²) in [5, 5.41) is 1.34. The van der Waals surface area contributed by atoms with E-state index < -0.39 is 0 Å². The molecule has 0 N–H and O–H groups in total. The Bertz CT molecular complexity index is 359. The largest absolute Gasteiger partial charge is 0.240 e. The molecule has 1 aromatic heterocycles. The van der Waals surface area contributed by atoms with Crippen LogP contribution in [0.5, 0.6) is 0 Å². The topological polar surface area (TPSA) is 12.9 Å². The lowest BCUT2D eigenvalue weighted by Crippen LogP contribution is -1.79. The zero-order chi connectivity index (χ0) is 8.55. The van der Waals surface area contributed by atoms with Gasteiger partial charge in [0.25, 0.3) is 0 Å². The summed E-state index contributed by atoms with van der Waals surface area (Å²) in [6.07, 6.45) is 0. The van der Waals surface area contributed by atoms with Gasteiger partial charge < -0.3 is 0 Å². The third-order valence-corrected chi connectivity index (χ3v) is 3.31. The molecule has 1 aromatic carbocycles. The first-order chi connectivity index (χ1) is 5.77. The standard InChI is InChI=1S/C9H9NS2/c1-6(11)9-10-7-4-2-3-5-8(7)12-9/h2-6,11H,1H3/t6-/m0/s1. The molecular weight excluding hydrogens is 186 g/mol. The van der Waals surface area contributed by atoms with Crippen molar-refractivity contribution in [1.29, 1.82) is 0 Å². The number of benzene rings is 1. The van der Waals surface area contributed by atoms with Crippen molar-refractivity contribution in [2.24, 2.45) is 0 Å². The van der Waals surface area contributed by atoms with E-state index in [-0.39, 0.29) is 5.25 Å². The molecule has 0 fully saturated rings. The highest BCUT2D eigenvalue weighted by Crippen LogP contribution is 2.28. The highest BCUT2D eigenvalue weighted by atomic mass is 32.1. The van der Waals surface area contributed by atoms with Crippen LogP contribution in [0.2, 0.25) is 0 Å². The maximum atomic E-state index is 4.45. The Balaban J connectivity index is 2.62. The molecule has 1 nitrogen and oxygen atoms in total. The quantitative estimate of drug-likeness (QED) is 0.689. The summed E-state index contributed by atoms with van der Waals surface area (Å²) in [7, 11) is 0. The Labute approximate surface area is 80.9 Å². The van der Waals surface area contributed by atoms with Gasteiger partial charge in [0, 0.05) is 0 Å². The average Bonchev–Trinajstić information content (AvgIpc) is 2.46. The number of thiazole rings is 1. The molecule has 0 radical (unpaired) electrons. The highest BCUT2D eigenvalue weighted by Gasteiger charge is 2.06. The monoisotopic (exact) mass is 195 g/mol. The summed E-state index contributed by atoms with van der Waals surface area (Å²) in [4.78, 5) is 4.45. The maximum absolute atomic E-state index is 4.45. The number of nitrogens with zero attached hydrogens (tertiary/aromatic N) is 1. The van der Waals surface area contributed by atoms with Gasteiger partial charge in [-0.25, -0.2) is 4.98 Å². The van der Waals surface area contributed by atoms with Crippen molar-refractivity contribution in [2.45, 2.75) is 12.2 Å². The van der Waals surface area contributed by atoms with E-state index in [9.17, 15) is 0 Å². The van der Waals surface area contributed by atoms with Crippen molar-refractivity contribution in [1.82, 2.24) is 4.98 Å². The van der Waals surface area contributed by atoms with Crippen molar-refractivity contribution in [3.8, 4) is 0 Å². The van der Waals surface area contributed by atoms with E-state index in [4.69, 9.17) is 0 Å². The van der Waals surface area contributed by atoms with E-state index in [0.29, 0.717) is 0 Å². The molecular formula is C9H9NS2. The summed E-state index contributed by atoms with van der Waals surface area (Å²) in [5.74, 6) is 0. The molecule has 2 rings (SSSR count). The summed E-state index contributed by atoms with van der Waals surface area (Å²) in [6.45, 7) is 2.04. The zero-order valence-electron chi connectivity index (χ0n) is 6.69. The number of fused-ring (bicyclic) bond motifs is 1. The van der Waals surface area contributed by atoms with Gasteiger partial charge in [-0.2, -0.15) is 12.6 Å². The molecule has 2 aromatic rings. The molecule has 12 heavy (non-hydrogen) atoms. The van der Waals surface area contributed by atoms with Gasteiger partial charge in [0.05, 0.1) is 15.5 Å². The van der Waals surface area contributed by atoms with Crippen LogP contribution in [-0.4, -0.2) is 4.98 Å². The molecule has 1 atom stereocenters. The first kappa shape index (κ1) is 8.08. The highest BCUT2D eigenvalue weighted by molar-refractivity contribution is 7.80. The summed E-state index contributed by atoms with van der Waals surface area (Å²) < 4.78 is 1.24. The Morgan fingerprint density at radius 3 is 2.83 bits per heavy atom. The molecule has 0 amide bonds. The van der Waals surface area contributed by atoms with Gasteiger partial charge in [0.1, 0.15) is 5.01 Å². The van der Waals surface area contributed by atoms with Crippen LogP contribution in [0.3, 0.4) is 0 Å². The summed E-state index contributed by atoms with van der Waals surface area (Å²) in [5.41, 5.74) is 1.08. The van der Waals surface area contributed by atoms with Crippen LogP contribution in [0.25, 0.3) is 10.2 Å². The fraction of sp³-hybridized carbons (Fsp3) is 0.222. The average molecular weight is 195 g/mol. The van der Waals surface area contributed by atoms with Crippen LogP contribution in [-0.2, 0) is 0 Å². The second-order valence-corrected chi connectivity index (χ2v) is 4.53. The molecule has 0 aliphatic heterocycles. The molecule has 3 heteroatoms. The first-order valence-electron chi connectivity index (χ1n) is 3.81. The number of para-hydroxylation sites is 1. The predicted molar refractivity (Wildman–Crippen MR) is 57.0 cm³/mol. The van der Waals surface area contributed by atoms with Crippen molar-refractivity contribution in [3.63, 3.8) is 0 Å². The van der Waals surface area contributed by atoms with E-state index >= 15 is 0 Å². The molecule has 0 bridgehead atoms. The predicted octanol–water partition coefficient (Wildman–Crippen LogP) is 3.29. The van der Waals surface area contributed by atoms with E-state index in [2.05, 4.69) is 23.7 Å². The molecule has 0 spiro atoms. The second kappa shape index (κ2) is 3.07. The Morgan fingerprint density at radius 1 is 1.42 bits per heavy atom. The summed E-state index contributed by atoms with van der Waals surface area (Å²) >= 11 is 6.06. The maximum Gasteiger partial charge on any atom is 0.106 e. The number of thiol groups is 1. The minimum absolute atomic E-state index is 0.238. The number of rotatable bonds is 1. The molecule has 0 aliphatic rings. The van der Waals surface area contributed by atoms with E-state index in [1.807, 2.05) is 25.1 Å². The second-order valence-electron chi connectivity index (χ2n) is 2.70. The van der Waals surface area contributed by atoms with Crippen LogP contribution in [0.15, 0.2) is 24.3 Å². The molecule has 0 aliphatic carbocycles. The fourth-order valence-corrected chi connectivity index (χ4v) is 2.19. The van der Waals surface area contributed by atoms with Gasteiger partial charge in [-0.15, -0.1) is 11.3 Å². The number of hydrogen-bond donors (Lipinski definition) is 1. The van der Waals surface area contributed by atoms with Crippen LogP contribution >= 0.6 is 24.0 Å². The lowest BCUT2D eigenvalue weighted by molar-refractivity contribution is 1.08. The minimum atomic E-state index is 0.238. The molecule has 1 heterocycles. The zero-order valence-corrected chi connectivity index (χ0v) is 8.40. The molecule has 0 saturated carbocycles. The lowest BCUT2D eigenvalue weighted by Gasteiger charge is -1.93. The van der Waals surface area contributed by atoms with Crippen molar-refractivity contribution in [2.75, 3.05) is 0 Å². The van der Waals surface area contributed by atoms with Gasteiger partial charge in [-0.3, -0.25) is 0 Å². The fourth-order valence-electron chi connectivity index (χ4n) is 1.07. The van der Waals surface area contributed by atoms with Gasteiger partial charge in [0.2, 0.25) is 0 Å². The van der Waals surface area contributed by atoms with Crippen LogP contribution < -0.4 is 0 Å². The summed E-state index contributed by atoms with van der Waals surface area (Å²) in [6, 6.07) is 8.17. The van der Waals surface area contributed by atoms with E-state index in [1.54, 1.807) is 11.3 Å². The number of aromatic nitrogens is 1. The third-order valence-electron chi connectivity index (χ3n) is 1.67. The van der Waals surface area contributed by atoms with Crippen LogP contribution in [0.1, 0.15) is 17.2 Å². The lowest BCUT2D eigenvalue weighted by atomic mass is 10.3. The molecule has 0 unspecified atom stereocenters. The van der Waals surface area contributed by atoms with E-state index in [0.717, 1.165) is 10.5 Å². The SMILES string of the molecule is C[C@H](S)c1nc2ccccc2s1. The van der Waals surface area contributed by atoms with Crippen LogP contribution in [0, 0.1) is 0 Å². The van der Waals surface area contributed by atoms with Crippen LogP contribution in [0.4, 0.5) is 0 Å². The van der Waals surface area contributed by atoms with Crippen molar-refractivity contribution >= 4 is 34.2 Å². The Hall–Kier alpha value is -0.540. The van der Waals surface area contributed by atoms with Crippen molar-refractivity contribution in [3.05, 3.63) is 29.3 Å². The Kier molecular flexibility index (Phi) is 2.07. The minimum Gasteiger partial charge on any atom is -0.240 e. The van der Waals surface area contributed by atoms with E-state index in [1.165, 1.54) is 4.70 Å². The Morgan fingerprint density at radius 2 is 2.17 bits per heavy atom. The first-order valence-corrected chi connectivity index (χ1v) is 5.14. The van der Waals surface area contributed by atoms with Crippen molar-refractivity contribution < 1.29 is 0 Å². The van der Waals surface area contributed by atoms with Gasteiger partial charge in [-0.05, 0) is 19.1 Å². The third kappa shape index (κ3) is 1.34. The molecule has 62 valence electrons. The van der Waals surface area contributed by atoms with Gasteiger partial charge in [0.15, 0.2) is 0 Å². The van der Waals surface area contributed by atoms with Gasteiger partial charge in [-0.1, -0.05) is 12.1 Å². The smallest absolute Gasteiger partial charge is 0.106 e. The number of hydrogen-bond acceptors (Lipinski definition) is 3.